The smallest absolute Gasteiger partial charge is 0.355 e. The minimum atomic E-state index is -0.695. The summed E-state index contributed by atoms with van der Waals surface area (Å²) >= 11 is 5.88. The Bertz CT molecular complexity index is 888. The summed E-state index contributed by atoms with van der Waals surface area (Å²) in [4.78, 5) is 39.1. The summed E-state index contributed by atoms with van der Waals surface area (Å²) in [5.74, 6) is -1.72. The van der Waals surface area contributed by atoms with E-state index < -0.39 is 24.5 Å². The number of esters is 2. The van der Waals surface area contributed by atoms with Crippen LogP contribution in [0.2, 0.25) is 5.02 Å². The second-order valence-electron chi connectivity index (χ2n) is 5.93. The molecule has 0 bridgehead atoms. The van der Waals surface area contributed by atoms with Crippen LogP contribution >= 0.6 is 11.6 Å². The summed E-state index contributed by atoms with van der Waals surface area (Å²) in [7, 11) is 0. The third kappa shape index (κ3) is 4.89. The molecule has 2 aromatic rings. The number of carbonyl (C=O) groups excluding carboxylic acids is 3. The van der Waals surface area contributed by atoms with E-state index in [9.17, 15) is 14.4 Å². The summed E-state index contributed by atoms with van der Waals surface area (Å²) < 4.78 is 10.0. The number of carbonyl (C=O) groups is 3. The standard InChI is InChI=1S/C19H21ClN2O5/c1-5-26-19(25)17-11(3)16(12(4)21-17)18(24)27-9-15(23)22-14-7-6-13(20)8-10(14)2/h6-8,21H,5,9H2,1-4H3,(H,22,23). The van der Waals surface area contributed by atoms with E-state index in [0.29, 0.717) is 22.0 Å². The van der Waals surface area contributed by atoms with Gasteiger partial charge in [-0.15, -0.1) is 0 Å². The van der Waals surface area contributed by atoms with Crippen molar-refractivity contribution >= 4 is 35.1 Å². The van der Waals surface area contributed by atoms with Crippen LogP contribution in [0.3, 0.4) is 0 Å². The molecule has 0 fully saturated rings. The minimum Gasteiger partial charge on any atom is -0.461 e. The van der Waals surface area contributed by atoms with Crippen LogP contribution in [0.4, 0.5) is 5.69 Å². The van der Waals surface area contributed by atoms with Crippen molar-refractivity contribution in [2.24, 2.45) is 0 Å². The summed E-state index contributed by atoms with van der Waals surface area (Å²) in [5.41, 5.74) is 2.67. The van der Waals surface area contributed by atoms with Crippen molar-refractivity contribution in [3.63, 3.8) is 0 Å². The fourth-order valence-electron chi connectivity index (χ4n) is 2.62. The van der Waals surface area contributed by atoms with Gasteiger partial charge >= 0.3 is 11.9 Å². The topological polar surface area (TPSA) is 97.5 Å². The normalized spacial score (nSPS) is 10.4. The predicted octanol–water partition coefficient (Wildman–Crippen LogP) is 3.57. The molecule has 27 heavy (non-hydrogen) atoms. The van der Waals surface area contributed by atoms with Gasteiger partial charge in [-0.05, 0) is 57.0 Å². The number of aromatic nitrogens is 1. The molecule has 7 nitrogen and oxygen atoms in total. The highest BCUT2D eigenvalue weighted by molar-refractivity contribution is 6.30. The number of nitrogens with one attached hydrogen (secondary N) is 2. The highest BCUT2D eigenvalue weighted by Gasteiger charge is 2.24. The zero-order valence-electron chi connectivity index (χ0n) is 15.6. The van der Waals surface area contributed by atoms with Crippen LogP contribution < -0.4 is 5.32 Å². The molecule has 0 spiro atoms. The summed E-state index contributed by atoms with van der Waals surface area (Å²) in [6.07, 6.45) is 0. The molecule has 0 radical (unpaired) electrons. The van der Waals surface area contributed by atoms with E-state index in [1.54, 1.807) is 45.9 Å². The maximum atomic E-state index is 12.4. The molecule has 0 unspecified atom stereocenters. The molecule has 0 aliphatic heterocycles. The van der Waals surface area contributed by atoms with Crippen molar-refractivity contribution in [1.82, 2.24) is 4.98 Å². The molecule has 0 aliphatic rings. The highest BCUT2D eigenvalue weighted by Crippen LogP contribution is 2.21. The number of amides is 1. The van der Waals surface area contributed by atoms with E-state index in [4.69, 9.17) is 21.1 Å². The van der Waals surface area contributed by atoms with E-state index in [1.165, 1.54) is 0 Å². The molecule has 144 valence electrons. The van der Waals surface area contributed by atoms with Crippen LogP contribution in [0.25, 0.3) is 0 Å². The third-order valence-corrected chi connectivity index (χ3v) is 4.15. The number of H-pyrrole nitrogens is 1. The molecule has 0 saturated heterocycles. The first kappa shape index (κ1) is 20.5. The first-order valence-corrected chi connectivity index (χ1v) is 8.71. The SMILES string of the molecule is CCOC(=O)c1[nH]c(C)c(C(=O)OCC(=O)Nc2ccc(Cl)cc2C)c1C. The zero-order chi connectivity index (χ0) is 20.1. The van der Waals surface area contributed by atoms with Gasteiger partial charge < -0.3 is 19.8 Å². The van der Waals surface area contributed by atoms with Crippen molar-refractivity contribution in [2.75, 3.05) is 18.5 Å². The monoisotopic (exact) mass is 392 g/mol. The van der Waals surface area contributed by atoms with Crippen LogP contribution in [0.1, 0.15) is 44.6 Å². The Labute approximate surface area is 162 Å². The van der Waals surface area contributed by atoms with Gasteiger partial charge in [-0.2, -0.15) is 0 Å². The van der Waals surface area contributed by atoms with Gasteiger partial charge in [0.15, 0.2) is 6.61 Å². The first-order valence-electron chi connectivity index (χ1n) is 8.34. The molecule has 0 aliphatic carbocycles. The lowest BCUT2D eigenvalue weighted by molar-refractivity contribution is -0.119. The second kappa shape index (κ2) is 8.73. The molecule has 1 amide bonds. The largest absolute Gasteiger partial charge is 0.461 e. The number of benzene rings is 1. The van der Waals surface area contributed by atoms with Crippen molar-refractivity contribution in [3.8, 4) is 0 Å². The second-order valence-corrected chi connectivity index (χ2v) is 6.37. The average Bonchev–Trinajstić information content (AvgIpc) is 2.90. The Morgan fingerprint density at radius 1 is 1.11 bits per heavy atom. The number of halogens is 1. The van der Waals surface area contributed by atoms with Crippen LogP contribution in [0, 0.1) is 20.8 Å². The molecule has 1 aromatic carbocycles. The Morgan fingerprint density at radius 3 is 2.44 bits per heavy atom. The fourth-order valence-corrected chi connectivity index (χ4v) is 2.85. The van der Waals surface area contributed by atoms with Crippen molar-refractivity contribution < 1.29 is 23.9 Å². The lowest BCUT2D eigenvalue weighted by atomic mass is 10.1. The van der Waals surface area contributed by atoms with Crippen LogP contribution in [0.15, 0.2) is 18.2 Å². The molecule has 8 heteroatoms. The molecule has 0 saturated carbocycles. The molecule has 1 heterocycles. The van der Waals surface area contributed by atoms with E-state index in [2.05, 4.69) is 10.3 Å². The lowest BCUT2D eigenvalue weighted by Crippen LogP contribution is -2.21. The van der Waals surface area contributed by atoms with E-state index in [0.717, 1.165) is 5.56 Å². The van der Waals surface area contributed by atoms with Gasteiger partial charge in [-0.1, -0.05) is 11.6 Å². The molecular weight excluding hydrogens is 372 g/mol. The number of hydrogen-bond donors (Lipinski definition) is 2. The number of aromatic amines is 1. The maximum Gasteiger partial charge on any atom is 0.355 e. The minimum absolute atomic E-state index is 0.197. The van der Waals surface area contributed by atoms with E-state index in [-0.39, 0.29) is 17.9 Å². The van der Waals surface area contributed by atoms with Crippen LogP contribution in [-0.2, 0) is 14.3 Å². The Morgan fingerprint density at radius 2 is 1.81 bits per heavy atom. The number of ether oxygens (including phenoxy) is 2. The summed E-state index contributed by atoms with van der Waals surface area (Å²) in [6.45, 7) is 6.52. The Hall–Kier alpha value is -2.80. The van der Waals surface area contributed by atoms with Gasteiger partial charge in [0, 0.05) is 16.4 Å². The predicted molar refractivity (Wildman–Crippen MR) is 101 cm³/mol. The van der Waals surface area contributed by atoms with Gasteiger partial charge in [0.25, 0.3) is 5.91 Å². The Balaban J connectivity index is 2.03. The van der Waals surface area contributed by atoms with E-state index >= 15 is 0 Å². The molecular formula is C19H21ClN2O5. The molecule has 1 aromatic heterocycles. The number of aryl methyl sites for hydroxylation is 2. The van der Waals surface area contributed by atoms with E-state index in [1.807, 2.05) is 0 Å². The maximum absolute atomic E-state index is 12.4. The quantitative estimate of drug-likeness (QED) is 0.732. The number of anilines is 1. The van der Waals surface area contributed by atoms with Crippen LogP contribution in [0.5, 0.6) is 0 Å². The van der Waals surface area contributed by atoms with Gasteiger partial charge in [0.1, 0.15) is 5.69 Å². The fraction of sp³-hybridized carbons (Fsp3) is 0.316. The number of rotatable bonds is 6. The first-order chi connectivity index (χ1) is 12.7. The summed E-state index contributed by atoms with van der Waals surface area (Å²) in [6, 6.07) is 5.04. The van der Waals surface area contributed by atoms with Gasteiger partial charge in [0.05, 0.1) is 12.2 Å². The van der Waals surface area contributed by atoms with Crippen molar-refractivity contribution in [3.05, 3.63) is 51.3 Å². The highest BCUT2D eigenvalue weighted by atomic mass is 35.5. The van der Waals surface area contributed by atoms with Gasteiger partial charge in [-0.25, -0.2) is 9.59 Å². The lowest BCUT2D eigenvalue weighted by Gasteiger charge is -2.09. The molecule has 0 atom stereocenters. The summed E-state index contributed by atoms with van der Waals surface area (Å²) in [5, 5.41) is 3.22. The van der Waals surface area contributed by atoms with Crippen molar-refractivity contribution in [1.29, 1.82) is 0 Å². The van der Waals surface area contributed by atoms with Crippen molar-refractivity contribution in [2.45, 2.75) is 27.7 Å². The Kier molecular flexibility index (Phi) is 6.63. The van der Waals surface area contributed by atoms with Gasteiger partial charge in [-0.3, -0.25) is 4.79 Å². The average molecular weight is 393 g/mol. The third-order valence-electron chi connectivity index (χ3n) is 3.92. The van der Waals surface area contributed by atoms with Gasteiger partial charge in [0.2, 0.25) is 0 Å². The van der Waals surface area contributed by atoms with Crippen LogP contribution in [-0.4, -0.2) is 36.0 Å². The zero-order valence-corrected chi connectivity index (χ0v) is 16.3. The molecule has 2 N–H and O–H groups in total. The number of hydrogen-bond acceptors (Lipinski definition) is 5. The molecule has 2 rings (SSSR count).